The molecule has 4 aromatic carbocycles. The van der Waals surface area contributed by atoms with E-state index < -0.39 is 0 Å². The Balaban J connectivity index is 0. The van der Waals surface area contributed by atoms with Crippen molar-refractivity contribution in [2.45, 2.75) is 101 Å². The van der Waals surface area contributed by atoms with Gasteiger partial charge >= 0.3 is 0 Å². The molecule has 0 radical (unpaired) electrons. The van der Waals surface area contributed by atoms with Crippen molar-refractivity contribution in [2.75, 3.05) is 0 Å². The molecule has 0 bridgehead atoms. The van der Waals surface area contributed by atoms with Gasteiger partial charge in [0.15, 0.2) is 0 Å². The summed E-state index contributed by atoms with van der Waals surface area (Å²) in [7, 11) is 0. The lowest BCUT2D eigenvalue weighted by Crippen LogP contribution is -1.85. The third-order valence-electron chi connectivity index (χ3n) is 5.37. The average Bonchev–Trinajstić information content (AvgIpc) is 2.97. The molecule has 0 nitrogen and oxygen atoms in total. The van der Waals surface area contributed by atoms with Crippen LogP contribution < -0.4 is 0 Å². The van der Waals surface area contributed by atoms with Crippen LogP contribution in [-0.2, 0) is 0 Å². The lowest BCUT2D eigenvalue weighted by Gasteiger charge is -2.06. The zero-order valence-electron chi connectivity index (χ0n) is 26.0. The van der Waals surface area contributed by atoms with Gasteiger partial charge in [0.05, 0.1) is 0 Å². The van der Waals surface area contributed by atoms with Crippen LogP contribution in [0, 0.1) is 0 Å². The minimum atomic E-state index is 0.615. The molecule has 37 heavy (non-hydrogen) atoms. The Morgan fingerprint density at radius 1 is 0.324 bits per heavy atom. The Bertz CT molecular complexity index is 952. The highest BCUT2D eigenvalue weighted by Crippen LogP contribution is 2.20. The average molecular weight is 501 g/mol. The van der Waals surface area contributed by atoms with E-state index in [0.29, 0.717) is 17.8 Å². The van der Waals surface area contributed by atoms with E-state index in [1.807, 2.05) is 53.7 Å². The predicted octanol–water partition coefficient (Wildman–Crippen LogP) is 12.7. The SMILES string of the molecule is CC.CC.CC.CC(C)c1ccc2ccccc2c1.CC(C)c1ccccc1.CC(C)c1ccccc1. The van der Waals surface area contributed by atoms with Crippen LogP contribution in [0.25, 0.3) is 10.8 Å². The maximum Gasteiger partial charge on any atom is -0.0181 e. The van der Waals surface area contributed by atoms with Crippen LogP contribution in [0.15, 0.2) is 103 Å². The Kier molecular flexibility index (Phi) is 23.1. The van der Waals surface area contributed by atoms with E-state index in [1.54, 1.807) is 0 Å². The summed E-state index contributed by atoms with van der Waals surface area (Å²) in [5, 5.41) is 2.67. The van der Waals surface area contributed by atoms with Gasteiger partial charge in [-0.15, -0.1) is 0 Å². The zero-order chi connectivity index (χ0) is 28.6. The molecule has 0 saturated heterocycles. The monoisotopic (exact) mass is 500 g/mol. The normalized spacial score (nSPS) is 9.27. The van der Waals surface area contributed by atoms with Gasteiger partial charge in [-0.1, -0.05) is 186 Å². The van der Waals surface area contributed by atoms with Gasteiger partial charge in [-0.25, -0.2) is 0 Å². The van der Waals surface area contributed by atoms with Crippen LogP contribution in [0.5, 0.6) is 0 Å². The molecule has 204 valence electrons. The molecule has 0 aliphatic heterocycles. The number of fused-ring (bicyclic) bond motifs is 1. The Morgan fingerprint density at radius 2 is 0.649 bits per heavy atom. The molecule has 0 amide bonds. The third-order valence-corrected chi connectivity index (χ3v) is 5.37. The first kappa shape index (κ1) is 36.3. The Hall–Kier alpha value is -2.86. The van der Waals surface area contributed by atoms with E-state index >= 15 is 0 Å². The summed E-state index contributed by atoms with van der Waals surface area (Å²) in [6.45, 7) is 25.3. The van der Waals surface area contributed by atoms with E-state index in [9.17, 15) is 0 Å². The van der Waals surface area contributed by atoms with Gasteiger partial charge in [-0.05, 0) is 45.2 Å². The molecule has 0 atom stereocenters. The first-order chi connectivity index (χ1) is 17.9. The van der Waals surface area contributed by atoms with E-state index in [2.05, 4.69) is 133 Å². The standard InChI is InChI=1S/C13H14.2C9H12.3C2H6/c1-10(2)12-8-7-11-5-3-4-6-13(11)9-12;2*1-8(2)9-6-4-3-5-7-9;3*1-2/h3-10H,1-2H3;2*3-8H,1-2H3;3*1-2H3. The van der Waals surface area contributed by atoms with Crippen LogP contribution in [0.3, 0.4) is 0 Å². The predicted molar refractivity (Wildman–Crippen MR) is 173 cm³/mol. The number of benzene rings is 4. The molecule has 0 fully saturated rings. The van der Waals surface area contributed by atoms with Gasteiger partial charge in [-0.2, -0.15) is 0 Å². The summed E-state index contributed by atoms with van der Waals surface area (Å²) in [5.41, 5.74) is 4.24. The summed E-state index contributed by atoms with van der Waals surface area (Å²) >= 11 is 0. The fourth-order valence-electron chi connectivity index (χ4n) is 3.24. The lowest BCUT2D eigenvalue weighted by molar-refractivity contribution is 0.867. The molecule has 0 saturated carbocycles. The minimum Gasteiger partial charge on any atom is -0.0683 e. The number of rotatable bonds is 3. The molecule has 0 heteroatoms. The van der Waals surface area contributed by atoms with Gasteiger partial charge < -0.3 is 0 Å². The smallest absolute Gasteiger partial charge is 0.0181 e. The Morgan fingerprint density at radius 3 is 0.973 bits per heavy atom. The van der Waals surface area contributed by atoms with E-state index in [-0.39, 0.29) is 0 Å². The fraction of sp³-hybridized carbons (Fsp3) is 0.405. The van der Waals surface area contributed by atoms with E-state index in [1.165, 1.54) is 27.5 Å². The quantitative estimate of drug-likeness (QED) is 0.262. The van der Waals surface area contributed by atoms with Crippen molar-refractivity contribution in [1.29, 1.82) is 0 Å². The fourth-order valence-corrected chi connectivity index (χ4v) is 3.24. The van der Waals surface area contributed by atoms with Crippen LogP contribution >= 0.6 is 0 Å². The van der Waals surface area contributed by atoms with Crippen LogP contribution in [0.4, 0.5) is 0 Å². The molecule has 4 aromatic rings. The topological polar surface area (TPSA) is 0 Å². The van der Waals surface area contributed by atoms with E-state index in [0.717, 1.165) is 0 Å². The maximum atomic E-state index is 2.28. The van der Waals surface area contributed by atoms with Crippen molar-refractivity contribution in [3.63, 3.8) is 0 Å². The molecule has 4 rings (SSSR count). The lowest BCUT2D eigenvalue weighted by atomic mass is 9.99. The van der Waals surface area contributed by atoms with E-state index in [4.69, 9.17) is 0 Å². The molecule has 0 aliphatic rings. The first-order valence-electron chi connectivity index (χ1n) is 14.5. The van der Waals surface area contributed by atoms with Gasteiger partial charge in [0.25, 0.3) is 0 Å². The third kappa shape index (κ3) is 15.8. The molecule has 0 aliphatic carbocycles. The molecule has 0 spiro atoms. The maximum absolute atomic E-state index is 2.28. The first-order valence-corrected chi connectivity index (χ1v) is 14.5. The van der Waals surface area contributed by atoms with Crippen molar-refractivity contribution >= 4 is 10.8 Å². The van der Waals surface area contributed by atoms with Crippen molar-refractivity contribution in [2.24, 2.45) is 0 Å². The molecule has 0 N–H and O–H groups in total. The second-order valence-electron chi connectivity index (χ2n) is 8.89. The largest absolute Gasteiger partial charge is 0.0683 e. The molecular weight excluding hydrogens is 444 g/mol. The van der Waals surface area contributed by atoms with Gasteiger partial charge in [-0.3, -0.25) is 0 Å². The van der Waals surface area contributed by atoms with Gasteiger partial charge in [0, 0.05) is 0 Å². The summed E-state index contributed by atoms with van der Waals surface area (Å²) in [5.74, 6) is 1.93. The van der Waals surface area contributed by atoms with Crippen LogP contribution in [0.1, 0.15) is 118 Å². The Labute approximate surface area is 231 Å². The number of hydrogen-bond acceptors (Lipinski definition) is 0. The minimum absolute atomic E-state index is 0.615. The number of hydrogen-bond donors (Lipinski definition) is 0. The second kappa shape index (κ2) is 23.5. The van der Waals surface area contributed by atoms with Gasteiger partial charge in [0.2, 0.25) is 0 Å². The molecule has 0 aromatic heterocycles. The molecule has 0 unspecified atom stereocenters. The van der Waals surface area contributed by atoms with Crippen molar-refractivity contribution in [3.8, 4) is 0 Å². The highest BCUT2D eigenvalue weighted by atomic mass is 14.0. The van der Waals surface area contributed by atoms with Crippen molar-refractivity contribution < 1.29 is 0 Å². The molecule has 0 heterocycles. The summed E-state index contributed by atoms with van der Waals surface area (Å²) in [4.78, 5) is 0. The van der Waals surface area contributed by atoms with Crippen LogP contribution in [0.2, 0.25) is 0 Å². The highest BCUT2D eigenvalue weighted by Gasteiger charge is 1.99. The second-order valence-corrected chi connectivity index (χ2v) is 8.89. The molecular formula is C37H56. The summed E-state index contributed by atoms with van der Waals surface area (Å²) in [6.07, 6.45) is 0. The highest BCUT2D eigenvalue weighted by molar-refractivity contribution is 5.83. The summed E-state index contributed by atoms with van der Waals surface area (Å²) < 4.78 is 0. The summed E-state index contributed by atoms with van der Waals surface area (Å²) in [6, 6.07) is 36.2. The van der Waals surface area contributed by atoms with Gasteiger partial charge in [0.1, 0.15) is 0 Å². The van der Waals surface area contributed by atoms with Crippen molar-refractivity contribution in [1.82, 2.24) is 0 Å². The van der Waals surface area contributed by atoms with Crippen molar-refractivity contribution in [3.05, 3.63) is 120 Å². The van der Waals surface area contributed by atoms with Crippen LogP contribution in [-0.4, -0.2) is 0 Å². The zero-order valence-corrected chi connectivity index (χ0v) is 26.0.